The molecule has 5 heteroatoms. The number of nitrogens with one attached hydrogen (secondary N) is 1. The highest BCUT2D eigenvalue weighted by Crippen LogP contribution is 2.28. The molecule has 0 unspecified atom stereocenters. The number of amides is 1. The standard InChI is InChI=1S/C19H19N3OS/c23-19(20-14-7-4-5-8-14)16-13-22(15-9-2-1-3-10-15)21-18(16)17-11-6-12-24-17/h1-3,6,9-14H,4-5,7-8H2,(H,20,23). The second kappa shape index (κ2) is 6.61. The average Bonchev–Trinajstić information content (AvgIpc) is 3.36. The van der Waals surface area contributed by atoms with E-state index in [0.717, 1.165) is 29.1 Å². The zero-order chi connectivity index (χ0) is 16.4. The van der Waals surface area contributed by atoms with E-state index in [-0.39, 0.29) is 5.91 Å². The highest BCUT2D eigenvalue weighted by Gasteiger charge is 2.23. The molecule has 4 rings (SSSR count). The molecule has 0 aliphatic heterocycles. The summed E-state index contributed by atoms with van der Waals surface area (Å²) in [6, 6.07) is 14.2. The van der Waals surface area contributed by atoms with Gasteiger partial charge in [-0.05, 0) is 36.4 Å². The molecule has 4 nitrogen and oxygen atoms in total. The number of para-hydroxylation sites is 1. The number of carbonyl (C=O) groups excluding carboxylic acids is 1. The lowest BCUT2D eigenvalue weighted by molar-refractivity contribution is 0.0938. The molecule has 0 spiro atoms. The summed E-state index contributed by atoms with van der Waals surface area (Å²) in [7, 11) is 0. The summed E-state index contributed by atoms with van der Waals surface area (Å²) < 4.78 is 1.79. The maximum absolute atomic E-state index is 12.8. The van der Waals surface area contributed by atoms with Crippen LogP contribution in [0.4, 0.5) is 0 Å². The minimum absolute atomic E-state index is 0.0209. The van der Waals surface area contributed by atoms with Crippen molar-refractivity contribution in [2.24, 2.45) is 0 Å². The first-order chi connectivity index (χ1) is 11.8. The lowest BCUT2D eigenvalue weighted by Gasteiger charge is -2.11. The van der Waals surface area contributed by atoms with E-state index in [2.05, 4.69) is 10.4 Å². The van der Waals surface area contributed by atoms with Crippen LogP contribution in [0.15, 0.2) is 54.0 Å². The van der Waals surface area contributed by atoms with Crippen molar-refractivity contribution in [2.45, 2.75) is 31.7 Å². The van der Waals surface area contributed by atoms with Crippen LogP contribution < -0.4 is 5.32 Å². The molecule has 1 aliphatic carbocycles. The zero-order valence-electron chi connectivity index (χ0n) is 13.3. The van der Waals surface area contributed by atoms with Gasteiger partial charge in [-0.25, -0.2) is 4.68 Å². The van der Waals surface area contributed by atoms with E-state index in [1.165, 1.54) is 12.8 Å². The van der Waals surface area contributed by atoms with Crippen molar-refractivity contribution in [3.63, 3.8) is 0 Å². The number of thiophene rings is 1. The Balaban J connectivity index is 1.71. The topological polar surface area (TPSA) is 46.9 Å². The second-order valence-electron chi connectivity index (χ2n) is 6.10. The van der Waals surface area contributed by atoms with Gasteiger partial charge in [0, 0.05) is 12.2 Å². The van der Waals surface area contributed by atoms with Crippen LogP contribution in [-0.4, -0.2) is 21.7 Å². The van der Waals surface area contributed by atoms with Crippen molar-refractivity contribution < 1.29 is 4.79 Å². The van der Waals surface area contributed by atoms with E-state index in [4.69, 9.17) is 0 Å². The molecule has 1 fully saturated rings. The molecule has 0 atom stereocenters. The first-order valence-electron chi connectivity index (χ1n) is 8.31. The number of hydrogen-bond donors (Lipinski definition) is 1. The minimum atomic E-state index is -0.0209. The Morgan fingerprint density at radius 2 is 1.92 bits per heavy atom. The molecule has 0 saturated heterocycles. The Labute approximate surface area is 145 Å². The van der Waals surface area contributed by atoms with Crippen LogP contribution in [-0.2, 0) is 0 Å². The van der Waals surface area contributed by atoms with Gasteiger partial charge in [0.15, 0.2) is 0 Å². The van der Waals surface area contributed by atoms with E-state index in [1.807, 2.05) is 54.0 Å². The van der Waals surface area contributed by atoms with Crippen LogP contribution in [0.1, 0.15) is 36.0 Å². The van der Waals surface area contributed by atoms with E-state index in [0.29, 0.717) is 11.6 Å². The summed E-state index contributed by atoms with van der Waals surface area (Å²) in [5.74, 6) is -0.0209. The number of hydrogen-bond acceptors (Lipinski definition) is 3. The van der Waals surface area contributed by atoms with Crippen LogP contribution in [0.2, 0.25) is 0 Å². The molecular formula is C19H19N3OS. The number of carbonyl (C=O) groups is 1. The highest BCUT2D eigenvalue weighted by molar-refractivity contribution is 7.13. The largest absolute Gasteiger partial charge is 0.349 e. The highest BCUT2D eigenvalue weighted by atomic mass is 32.1. The molecular weight excluding hydrogens is 318 g/mol. The minimum Gasteiger partial charge on any atom is -0.349 e. The fourth-order valence-corrected chi connectivity index (χ4v) is 3.90. The molecule has 24 heavy (non-hydrogen) atoms. The smallest absolute Gasteiger partial charge is 0.255 e. The first kappa shape index (κ1) is 15.1. The lowest BCUT2D eigenvalue weighted by Crippen LogP contribution is -2.32. The molecule has 1 aliphatic rings. The van der Waals surface area contributed by atoms with Crippen molar-refractivity contribution in [1.29, 1.82) is 0 Å². The summed E-state index contributed by atoms with van der Waals surface area (Å²) in [6.07, 6.45) is 6.40. The Morgan fingerprint density at radius 3 is 2.62 bits per heavy atom. The lowest BCUT2D eigenvalue weighted by atomic mass is 10.2. The van der Waals surface area contributed by atoms with Gasteiger partial charge in [-0.15, -0.1) is 11.3 Å². The van der Waals surface area contributed by atoms with Crippen molar-refractivity contribution in [3.8, 4) is 16.3 Å². The van der Waals surface area contributed by atoms with Crippen molar-refractivity contribution in [3.05, 3.63) is 59.6 Å². The van der Waals surface area contributed by atoms with Gasteiger partial charge < -0.3 is 5.32 Å². The Morgan fingerprint density at radius 1 is 1.12 bits per heavy atom. The molecule has 1 aromatic carbocycles. The maximum Gasteiger partial charge on any atom is 0.255 e. The average molecular weight is 337 g/mol. The maximum atomic E-state index is 12.8. The fourth-order valence-electron chi connectivity index (χ4n) is 3.18. The molecule has 0 radical (unpaired) electrons. The normalized spacial score (nSPS) is 14.8. The Bertz CT molecular complexity index is 818. The Hall–Kier alpha value is -2.40. The predicted molar refractivity (Wildman–Crippen MR) is 96.6 cm³/mol. The van der Waals surface area contributed by atoms with Gasteiger partial charge in [0.05, 0.1) is 16.1 Å². The molecule has 1 N–H and O–H groups in total. The SMILES string of the molecule is O=C(NC1CCCC1)c1cn(-c2ccccc2)nc1-c1cccs1. The van der Waals surface area contributed by atoms with Crippen LogP contribution in [0.5, 0.6) is 0 Å². The molecule has 1 amide bonds. The fraction of sp³-hybridized carbons (Fsp3) is 0.263. The monoisotopic (exact) mass is 337 g/mol. The van der Waals surface area contributed by atoms with Crippen molar-refractivity contribution in [1.82, 2.24) is 15.1 Å². The molecule has 3 aromatic rings. The van der Waals surface area contributed by atoms with E-state index in [1.54, 1.807) is 16.0 Å². The molecule has 0 bridgehead atoms. The summed E-state index contributed by atoms with van der Waals surface area (Å²) >= 11 is 1.60. The number of benzene rings is 1. The Kier molecular flexibility index (Phi) is 4.17. The second-order valence-corrected chi connectivity index (χ2v) is 7.05. The van der Waals surface area contributed by atoms with Gasteiger partial charge in [0.25, 0.3) is 5.91 Å². The third-order valence-electron chi connectivity index (χ3n) is 4.42. The third kappa shape index (κ3) is 2.99. The van der Waals surface area contributed by atoms with Crippen LogP contribution in [0.3, 0.4) is 0 Å². The first-order valence-corrected chi connectivity index (χ1v) is 9.19. The summed E-state index contributed by atoms with van der Waals surface area (Å²) in [4.78, 5) is 13.8. The van der Waals surface area contributed by atoms with E-state index < -0.39 is 0 Å². The molecule has 1 saturated carbocycles. The van der Waals surface area contributed by atoms with Crippen LogP contribution in [0, 0.1) is 0 Å². The summed E-state index contributed by atoms with van der Waals surface area (Å²) in [5.41, 5.74) is 2.35. The van der Waals surface area contributed by atoms with E-state index >= 15 is 0 Å². The molecule has 2 aromatic heterocycles. The van der Waals surface area contributed by atoms with Gasteiger partial charge in [0.2, 0.25) is 0 Å². The summed E-state index contributed by atoms with van der Waals surface area (Å²) in [6.45, 7) is 0. The number of nitrogens with zero attached hydrogens (tertiary/aromatic N) is 2. The van der Waals surface area contributed by atoms with Gasteiger partial charge in [-0.2, -0.15) is 5.10 Å². The number of rotatable bonds is 4. The zero-order valence-corrected chi connectivity index (χ0v) is 14.1. The van der Waals surface area contributed by atoms with Gasteiger partial charge in [-0.1, -0.05) is 37.1 Å². The van der Waals surface area contributed by atoms with Gasteiger partial charge in [0.1, 0.15) is 5.69 Å². The quantitative estimate of drug-likeness (QED) is 0.773. The van der Waals surface area contributed by atoms with E-state index in [9.17, 15) is 4.79 Å². The number of aromatic nitrogens is 2. The molecule has 122 valence electrons. The summed E-state index contributed by atoms with van der Waals surface area (Å²) in [5, 5.41) is 9.87. The third-order valence-corrected chi connectivity index (χ3v) is 5.30. The van der Waals surface area contributed by atoms with Crippen LogP contribution >= 0.6 is 11.3 Å². The molecule has 2 heterocycles. The van der Waals surface area contributed by atoms with Crippen molar-refractivity contribution in [2.75, 3.05) is 0 Å². The van der Waals surface area contributed by atoms with Crippen LogP contribution in [0.25, 0.3) is 16.3 Å². The predicted octanol–water partition coefficient (Wildman–Crippen LogP) is 4.27. The van der Waals surface area contributed by atoms with Gasteiger partial charge in [-0.3, -0.25) is 4.79 Å². The van der Waals surface area contributed by atoms with Crippen molar-refractivity contribution >= 4 is 17.2 Å². The van der Waals surface area contributed by atoms with Gasteiger partial charge >= 0.3 is 0 Å².